The minimum absolute atomic E-state index is 0.198. The molecule has 1 aliphatic rings. The van der Waals surface area contributed by atoms with Crippen molar-refractivity contribution in [1.29, 1.82) is 0 Å². The van der Waals surface area contributed by atoms with E-state index in [0.717, 1.165) is 37.4 Å². The van der Waals surface area contributed by atoms with E-state index in [4.69, 9.17) is 13.9 Å². The highest BCUT2D eigenvalue weighted by Crippen LogP contribution is 2.31. The number of piperazine rings is 1. The first-order valence-electron chi connectivity index (χ1n) is 13.5. The van der Waals surface area contributed by atoms with Crippen LogP contribution in [-0.2, 0) is 6.54 Å². The van der Waals surface area contributed by atoms with E-state index in [-0.39, 0.29) is 17.6 Å². The number of carbonyl (C=O) groups is 2. The summed E-state index contributed by atoms with van der Waals surface area (Å²) < 4.78 is 16.0. The Labute approximate surface area is 239 Å². The monoisotopic (exact) mass is 554 g/mol. The van der Waals surface area contributed by atoms with Crippen LogP contribution in [0.25, 0.3) is 0 Å². The lowest BCUT2D eigenvalue weighted by atomic mass is 10.1. The van der Waals surface area contributed by atoms with Crippen molar-refractivity contribution in [3.63, 3.8) is 0 Å². The molecule has 1 aliphatic heterocycles. The van der Waals surface area contributed by atoms with E-state index in [1.54, 1.807) is 44.6 Å². The summed E-state index contributed by atoms with van der Waals surface area (Å²) in [6, 6.07) is 22.6. The molecule has 0 atom stereocenters. The van der Waals surface area contributed by atoms with E-state index in [9.17, 15) is 9.59 Å². The number of anilines is 3. The molecule has 2 amide bonds. The zero-order valence-corrected chi connectivity index (χ0v) is 23.5. The molecule has 41 heavy (non-hydrogen) atoms. The summed E-state index contributed by atoms with van der Waals surface area (Å²) in [5, 5.41) is 5.91. The molecule has 3 aromatic carbocycles. The minimum atomic E-state index is -0.377. The molecule has 5 rings (SSSR count). The van der Waals surface area contributed by atoms with Crippen LogP contribution >= 0.6 is 0 Å². The number of nitrogens with zero attached hydrogens (tertiary/aromatic N) is 2. The van der Waals surface area contributed by atoms with E-state index in [0.29, 0.717) is 29.3 Å². The Morgan fingerprint density at radius 2 is 1.54 bits per heavy atom. The lowest BCUT2D eigenvalue weighted by molar-refractivity contribution is 0.0949. The second kappa shape index (κ2) is 12.5. The van der Waals surface area contributed by atoms with Gasteiger partial charge < -0.3 is 34.3 Å². The first kappa shape index (κ1) is 27.6. The number of carbonyl (C=O) groups excluding carboxylic acids is 2. The van der Waals surface area contributed by atoms with Gasteiger partial charge in [0.2, 0.25) is 0 Å². The van der Waals surface area contributed by atoms with Crippen molar-refractivity contribution in [3.8, 4) is 11.5 Å². The third kappa shape index (κ3) is 6.30. The number of ether oxygens (including phenoxy) is 2. The number of hydrogen-bond donors (Lipinski definition) is 2. The standard InChI is InChI=1S/C32H34N4O5/c1-22-7-4-5-8-26(22)35-14-16-36(17-15-35)27-12-11-24(20-25(27)34-32(38)29-9-6-18-41-29)31(37)33-21-23-10-13-28(39-2)30(19-23)40-3/h4-13,18-20H,14-17,21H2,1-3H3,(H,33,37)(H,34,38). The minimum Gasteiger partial charge on any atom is -0.493 e. The van der Waals surface area contributed by atoms with Gasteiger partial charge in [-0.25, -0.2) is 0 Å². The van der Waals surface area contributed by atoms with Gasteiger partial charge in [0.1, 0.15) is 0 Å². The molecule has 9 nitrogen and oxygen atoms in total. The van der Waals surface area contributed by atoms with Crippen LogP contribution in [0.5, 0.6) is 11.5 Å². The maximum Gasteiger partial charge on any atom is 0.291 e. The van der Waals surface area contributed by atoms with Gasteiger partial charge in [0.05, 0.1) is 31.9 Å². The quantitative estimate of drug-likeness (QED) is 0.297. The van der Waals surface area contributed by atoms with Crippen LogP contribution < -0.4 is 29.9 Å². The van der Waals surface area contributed by atoms with E-state index in [1.165, 1.54) is 17.5 Å². The normalized spacial score (nSPS) is 13.0. The van der Waals surface area contributed by atoms with Crippen LogP contribution in [0, 0.1) is 6.92 Å². The molecule has 2 N–H and O–H groups in total. The predicted octanol–water partition coefficient (Wildman–Crippen LogP) is 5.11. The number of aryl methyl sites for hydroxylation is 1. The Morgan fingerprint density at radius 3 is 2.22 bits per heavy atom. The summed E-state index contributed by atoms with van der Waals surface area (Å²) in [5.41, 5.74) is 5.18. The van der Waals surface area contributed by atoms with Gasteiger partial charge in [0.25, 0.3) is 11.8 Å². The molecule has 0 spiro atoms. The average Bonchev–Trinajstić information content (AvgIpc) is 3.56. The topological polar surface area (TPSA) is 96.3 Å². The van der Waals surface area contributed by atoms with Crippen LogP contribution in [0.1, 0.15) is 32.0 Å². The van der Waals surface area contributed by atoms with Gasteiger partial charge >= 0.3 is 0 Å². The zero-order chi connectivity index (χ0) is 28.8. The SMILES string of the molecule is COc1ccc(CNC(=O)c2ccc(N3CCN(c4ccccc4C)CC3)c(NC(=O)c3ccco3)c2)cc1OC. The van der Waals surface area contributed by atoms with Crippen molar-refractivity contribution in [3.05, 3.63) is 102 Å². The Bertz CT molecular complexity index is 1510. The number of amides is 2. The third-order valence-corrected chi connectivity index (χ3v) is 7.23. The molecule has 0 radical (unpaired) electrons. The van der Waals surface area contributed by atoms with Gasteiger partial charge in [-0.3, -0.25) is 9.59 Å². The Kier molecular flexibility index (Phi) is 8.43. The van der Waals surface area contributed by atoms with E-state index in [2.05, 4.69) is 51.6 Å². The molecule has 4 aromatic rings. The molecule has 9 heteroatoms. The van der Waals surface area contributed by atoms with Gasteiger partial charge in [-0.15, -0.1) is 0 Å². The fraction of sp³-hybridized carbons (Fsp3) is 0.250. The second-order valence-corrected chi connectivity index (χ2v) is 9.80. The van der Waals surface area contributed by atoms with Crippen molar-refractivity contribution < 1.29 is 23.5 Å². The molecule has 0 saturated carbocycles. The Hall–Kier alpha value is -4.92. The first-order valence-corrected chi connectivity index (χ1v) is 13.5. The van der Waals surface area contributed by atoms with Crippen LogP contribution in [-0.4, -0.2) is 52.2 Å². The van der Waals surface area contributed by atoms with Gasteiger partial charge in [0.15, 0.2) is 17.3 Å². The van der Waals surface area contributed by atoms with Crippen molar-refractivity contribution in [2.24, 2.45) is 0 Å². The van der Waals surface area contributed by atoms with Gasteiger partial charge in [0, 0.05) is 44.0 Å². The van der Waals surface area contributed by atoms with E-state index < -0.39 is 0 Å². The summed E-state index contributed by atoms with van der Waals surface area (Å²) in [7, 11) is 3.15. The van der Waals surface area contributed by atoms with Crippen molar-refractivity contribution in [2.45, 2.75) is 13.5 Å². The Morgan fingerprint density at radius 1 is 0.805 bits per heavy atom. The number of rotatable bonds is 9. The first-order chi connectivity index (χ1) is 20.0. The molecular formula is C32H34N4O5. The van der Waals surface area contributed by atoms with Crippen molar-refractivity contribution in [1.82, 2.24) is 5.32 Å². The highest BCUT2D eigenvalue weighted by molar-refractivity contribution is 6.05. The van der Waals surface area contributed by atoms with E-state index >= 15 is 0 Å². The molecule has 0 unspecified atom stereocenters. The van der Waals surface area contributed by atoms with E-state index in [1.807, 2.05) is 18.2 Å². The molecule has 1 fully saturated rings. The van der Waals surface area contributed by atoms with Crippen LogP contribution in [0.3, 0.4) is 0 Å². The number of methoxy groups -OCH3 is 2. The lowest BCUT2D eigenvalue weighted by Crippen LogP contribution is -2.47. The van der Waals surface area contributed by atoms with Crippen LogP contribution in [0.4, 0.5) is 17.1 Å². The molecule has 212 valence electrons. The number of benzene rings is 3. The number of furan rings is 1. The smallest absolute Gasteiger partial charge is 0.291 e. The molecular weight excluding hydrogens is 520 g/mol. The number of para-hydroxylation sites is 1. The number of nitrogens with one attached hydrogen (secondary N) is 2. The van der Waals surface area contributed by atoms with Gasteiger partial charge in [-0.2, -0.15) is 0 Å². The highest BCUT2D eigenvalue weighted by Gasteiger charge is 2.23. The van der Waals surface area contributed by atoms with Crippen molar-refractivity contribution in [2.75, 3.05) is 55.5 Å². The summed E-state index contributed by atoms with van der Waals surface area (Å²) in [6.45, 7) is 5.63. The van der Waals surface area contributed by atoms with Gasteiger partial charge in [-0.05, 0) is 66.6 Å². The lowest BCUT2D eigenvalue weighted by Gasteiger charge is -2.38. The van der Waals surface area contributed by atoms with Gasteiger partial charge in [-0.1, -0.05) is 24.3 Å². The Balaban J connectivity index is 1.33. The summed E-state index contributed by atoms with van der Waals surface area (Å²) in [5.74, 6) is 0.773. The number of hydrogen-bond acceptors (Lipinski definition) is 7. The molecule has 2 heterocycles. The highest BCUT2D eigenvalue weighted by atomic mass is 16.5. The molecule has 1 saturated heterocycles. The molecule has 0 bridgehead atoms. The predicted molar refractivity (Wildman–Crippen MR) is 159 cm³/mol. The maximum absolute atomic E-state index is 13.2. The maximum atomic E-state index is 13.2. The average molecular weight is 555 g/mol. The second-order valence-electron chi connectivity index (χ2n) is 9.80. The van der Waals surface area contributed by atoms with Crippen LogP contribution in [0.2, 0.25) is 0 Å². The summed E-state index contributed by atoms with van der Waals surface area (Å²) >= 11 is 0. The van der Waals surface area contributed by atoms with Crippen molar-refractivity contribution >= 4 is 28.9 Å². The largest absolute Gasteiger partial charge is 0.493 e. The zero-order valence-electron chi connectivity index (χ0n) is 23.5. The third-order valence-electron chi connectivity index (χ3n) is 7.23. The molecule has 0 aliphatic carbocycles. The fourth-order valence-corrected chi connectivity index (χ4v) is 5.03. The summed E-state index contributed by atoms with van der Waals surface area (Å²) in [4.78, 5) is 30.7. The molecule has 1 aromatic heterocycles. The van der Waals surface area contributed by atoms with Crippen LogP contribution in [0.15, 0.2) is 83.5 Å². The summed E-state index contributed by atoms with van der Waals surface area (Å²) in [6.07, 6.45) is 1.46. The fourth-order valence-electron chi connectivity index (χ4n) is 5.03.